The Morgan fingerprint density at radius 2 is 1.62 bits per heavy atom. The van der Waals surface area contributed by atoms with Gasteiger partial charge in [0.15, 0.2) is 0 Å². The lowest BCUT2D eigenvalue weighted by atomic mass is 10.1. The van der Waals surface area contributed by atoms with E-state index in [0.29, 0.717) is 16.7 Å². The largest absolute Gasteiger partial charge is 0.354 e. The molecule has 0 spiro atoms. The Morgan fingerprint density at radius 3 is 2.23 bits per heavy atom. The third kappa shape index (κ3) is 8.40. The molecule has 2 amide bonds. The maximum atomic E-state index is 13.9. The number of rotatable bonds is 12. The van der Waals surface area contributed by atoms with Crippen LogP contribution in [-0.4, -0.2) is 44.3 Å². The average Bonchev–Trinajstić information content (AvgIpc) is 2.91. The van der Waals surface area contributed by atoms with Crippen LogP contribution in [0.5, 0.6) is 0 Å². The van der Waals surface area contributed by atoms with Gasteiger partial charge in [-0.3, -0.25) is 13.9 Å². The molecule has 0 aliphatic heterocycles. The lowest BCUT2D eigenvalue weighted by Gasteiger charge is -2.32. The quantitative estimate of drug-likeness (QED) is 0.237. The first-order valence-corrected chi connectivity index (χ1v) is 15.7. The second-order valence-electron chi connectivity index (χ2n) is 9.27. The van der Waals surface area contributed by atoms with E-state index in [2.05, 4.69) is 37.2 Å². The lowest BCUT2D eigenvalue weighted by Crippen LogP contribution is -2.51. The molecule has 7 nitrogen and oxygen atoms in total. The van der Waals surface area contributed by atoms with Gasteiger partial charge in [0.2, 0.25) is 11.8 Å². The van der Waals surface area contributed by atoms with Crippen LogP contribution >= 0.6 is 31.9 Å². The number of hydrogen-bond acceptors (Lipinski definition) is 4. The Hall–Kier alpha value is -2.69. The number of benzene rings is 3. The number of amides is 2. The molecule has 208 valence electrons. The normalized spacial score (nSPS) is 12.0. The Bertz CT molecular complexity index is 1380. The summed E-state index contributed by atoms with van der Waals surface area (Å²) in [5.74, 6) is -0.781. The fourth-order valence-electron chi connectivity index (χ4n) is 3.90. The van der Waals surface area contributed by atoms with Gasteiger partial charge in [-0.25, -0.2) is 8.42 Å². The summed E-state index contributed by atoms with van der Waals surface area (Å²) < 4.78 is 30.3. The van der Waals surface area contributed by atoms with Crippen molar-refractivity contribution in [3.63, 3.8) is 0 Å². The number of unbranched alkanes of at least 4 members (excludes halogenated alkanes) is 1. The molecule has 0 bridgehead atoms. The molecule has 0 aliphatic carbocycles. The first-order chi connectivity index (χ1) is 18.5. The zero-order valence-electron chi connectivity index (χ0n) is 22.2. The predicted octanol–water partition coefficient (Wildman–Crippen LogP) is 6.05. The molecule has 0 unspecified atom stereocenters. The van der Waals surface area contributed by atoms with Crippen LogP contribution in [0.4, 0.5) is 5.69 Å². The summed E-state index contributed by atoms with van der Waals surface area (Å²) in [5, 5.41) is 2.89. The molecule has 0 saturated heterocycles. The highest BCUT2D eigenvalue weighted by atomic mass is 79.9. The average molecular weight is 679 g/mol. The number of carbonyl (C=O) groups excluding carboxylic acids is 2. The minimum atomic E-state index is -4.10. The van der Waals surface area contributed by atoms with Gasteiger partial charge in [-0.2, -0.15) is 0 Å². The van der Waals surface area contributed by atoms with Crippen LogP contribution in [-0.2, 0) is 26.2 Å². The predicted molar refractivity (Wildman–Crippen MR) is 162 cm³/mol. The van der Waals surface area contributed by atoms with Crippen molar-refractivity contribution in [2.75, 3.05) is 17.4 Å². The zero-order valence-corrected chi connectivity index (χ0v) is 26.2. The van der Waals surface area contributed by atoms with E-state index in [1.807, 2.05) is 38.1 Å². The van der Waals surface area contributed by atoms with Gasteiger partial charge in [-0.15, -0.1) is 0 Å². The number of aryl methyl sites for hydroxylation is 1. The minimum absolute atomic E-state index is 0.0747. The molecule has 0 aliphatic rings. The second-order valence-corrected chi connectivity index (χ2v) is 13.0. The van der Waals surface area contributed by atoms with E-state index in [-0.39, 0.29) is 17.3 Å². The number of hydrogen-bond donors (Lipinski definition) is 1. The maximum Gasteiger partial charge on any atom is 0.264 e. The van der Waals surface area contributed by atoms with Crippen LogP contribution in [0.15, 0.2) is 86.6 Å². The molecule has 10 heteroatoms. The van der Waals surface area contributed by atoms with Gasteiger partial charge in [-0.1, -0.05) is 81.1 Å². The smallest absolute Gasteiger partial charge is 0.264 e. The summed E-state index contributed by atoms with van der Waals surface area (Å²) in [5.41, 5.74) is 2.07. The molecule has 0 aromatic heterocycles. The standard InChI is InChI=1S/C29H33Br2N3O4S/c1-4-5-17-32-29(36)22(3)33(19-23-11-13-24(30)14-12-23)28(35)20-34(26-8-6-7-25(31)18-26)39(37,38)27-15-9-21(2)10-16-27/h6-16,18,22H,4-5,17,19-20H2,1-3H3,(H,32,36)/t22-/m0/s1. The third-order valence-electron chi connectivity index (χ3n) is 6.25. The fraction of sp³-hybridized carbons (Fsp3) is 0.310. The number of sulfonamides is 1. The Labute approximate surface area is 247 Å². The molecule has 3 rings (SSSR count). The molecule has 3 aromatic rings. The molecular formula is C29H33Br2N3O4S. The number of anilines is 1. The van der Waals surface area contributed by atoms with Crippen molar-refractivity contribution in [1.29, 1.82) is 0 Å². The van der Waals surface area contributed by atoms with Gasteiger partial charge in [0, 0.05) is 22.0 Å². The maximum absolute atomic E-state index is 13.9. The van der Waals surface area contributed by atoms with E-state index < -0.39 is 28.5 Å². The van der Waals surface area contributed by atoms with E-state index in [9.17, 15) is 18.0 Å². The van der Waals surface area contributed by atoms with Crippen LogP contribution in [0, 0.1) is 6.92 Å². The van der Waals surface area contributed by atoms with Crippen molar-refractivity contribution in [3.8, 4) is 0 Å². The first-order valence-electron chi connectivity index (χ1n) is 12.7. The summed E-state index contributed by atoms with van der Waals surface area (Å²) in [6.07, 6.45) is 1.75. The third-order valence-corrected chi connectivity index (χ3v) is 9.06. The summed E-state index contributed by atoms with van der Waals surface area (Å²) in [6, 6.07) is 19.9. The highest BCUT2D eigenvalue weighted by molar-refractivity contribution is 9.10. The van der Waals surface area contributed by atoms with E-state index >= 15 is 0 Å². The Kier molecular flexibility index (Phi) is 11.1. The van der Waals surface area contributed by atoms with Crippen molar-refractivity contribution in [2.24, 2.45) is 0 Å². The SMILES string of the molecule is CCCCNC(=O)[C@H](C)N(Cc1ccc(Br)cc1)C(=O)CN(c1cccc(Br)c1)S(=O)(=O)c1ccc(C)cc1. The van der Waals surface area contributed by atoms with Crippen LogP contribution < -0.4 is 9.62 Å². The molecule has 3 aromatic carbocycles. The summed E-state index contributed by atoms with van der Waals surface area (Å²) >= 11 is 6.83. The monoisotopic (exact) mass is 677 g/mol. The van der Waals surface area contributed by atoms with Crippen LogP contribution in [0.3, 0.4) is 0 Å². The molecule has 0 heterocycles. The highest BCUT2D eigenvalue weighted by Crippen LogP contribution is 2.27. The Morgan fingerprint density at radius 1 is 0.949 bits per heavy atom. The van der Waals surface area contributed by atoms with E-state index in [4.69, 9.17) is 0 Å². The number of carbonyl (C=O) groups is 2. The van der Waals surface area contributed by atoms with Crippen molar-refractivity contribution >= 4 is 59.4 Å². The van der Waals surface area contributed by atoms with Crippen molar-refractivity contribution in [1.82, 2.24) is 10.2 Å². The van der Waals surface area contributed by atoms with Crippen molar-refractivity contribution in [2.45, 2.75) is 51.1 Å². The van der Waals surface area contributed by atoms with Crippen molar-refractivity contribution in [3.05, 3.63) is 92.9 Å². The van der Waals surface area contributed by atoms with E-state index in [1.165, 1.54) is 17.0 Å². The Balaban J connectivity index is 1.99. The topological polar surface area (TPSA) is 86.8 Å². The van der Waals surface area contributed by atoms with Gasteiger partial charge >= 0.3 is 0 Å². The van der Waals surface area contributed by atoms with Crippen LogP contribution in [0.25, 0.3) is 0 Å². The van der Waals surface area contributed by atoms with Crippen LogP contribution in [0.2, 0.25) is 0 Å². The van der Waals surface area contributed by atoms with Crippen LogP contribution in [0.1, 0.15) is 37.8 Å². The van der Waals surface area contributed by atoms with Gasteiger partial charge in [0.25, 0.3) is 10.0 Å². The zero-order chi connectivity index (χ0) is 28.6. The molecule has 1 N–H and O–H groups in total. The molecule has 0 saturated carbocycles. The highest BCUT2D eigenvalue weighted by Gasteiger charge is 2.32. The first kappa shape index (κ1) is 30.8. The van der Waals surface area contributed by atoms with E-state index in [1.54, 1.807) is 43.3 Å². The molecule has 0 radical (unpaired) electrons. The summed E-state index contributed by atoms with van der Waals surface area (Å²) in [4.78, 5) is 28.4. The van der Waals surface area contributed by atoms with Gasteiger partial charge in [0.05, 0.1) is 10.6 Å². The van der Waals surface area contributed by atoms with Gasteiger partial charge in [-0.05, 0) is 68.3 Å². The van der Waals surface area contributed by atoms with E-state index in [0.717, 1.165) is 32.7 Å². The molecule has 1 atom stereocenters. The van der Waals surface area contributed by atoms with Gasteiger partial charge in [0.1, 0.15) is 12.6 Å². The lowest BCUT2D eigenvalue weighted by molar-refractivity contribution is -0.139. The fourth-order valence-corrected chi connectivity index (χ4v) is 5.96. The van der Waals surface area contributed by atoms with Gasteiger partial charge < -0.3 is 10.2 Å². The molecule has 39 heavy (non-hydrogen) atoms. The summed E-state index contributed by atoms with van der Waals surface area (Å²) in [6.45, 7) is 5.74. The van der Waals surface area contributed by atoms with Crippen molar-refractivity contribution < 1.29 is 18.0 Å². The minimum Gasteiger partial charge on any atom is -0.354 e. The molecular weight excluding hydrogens is 646 g/mol. The summed E-state index contributed by atoms with van der Waals surface area (Å²) in [7, 11) is -4.10. The number of nitrogens with zero attached hydrogens (tertiary/aromatic N) is 2. The number of halogens is 2. The number of nitrogens with one attached hydrogen (secondary N) is 1. The molecule has 0 fully saturated rings. The second kappa shape index (κ2) is 14.1.